The highest BCUT2D eigenvalue weighted by atomic mass is 32.1. The van der Waals surface area contributed by atoms with Crippen molar-refractivity contribution in [3.05, 3.63) is 93.8 Å². The number of nitrogen functional groups attached to an aromatic ring is 1. The molecule has 3 heterocycles. The van der Waals surface area contributed by atoms with E-state index in [2.05, 4.69) is 26.8 Å². The molecular formula is C25H21N5O2S. The first-order valence-electron chi connectivity index (χ1n) is 10.8. The highest BCUT2D eigenvalue weighted by molar-refractivity contribution is 7.10. The van der Waals surface area contributed by atoms with Crippen molar-refractivity contribution < 1.29 is 9.53 Å². The van der Waals surface area contributed by atoms with Crippen LogP contribution >= 0.6 is 11.3 Å². The van der Waals surface area contributed by atoms with Crippen LogP contribution in [0.4, 0.5) is 11.9 Å². The Morgan fingerprint density at radius 1 is 1.03 bits per heavy atom. The smallest absolute Gasteiger partial charge is 0.241 e. The predicted molar refractivity (Wildman–Crippen MR) is 127 cm³/mol. The molecule has 0 unspecified atom stereocenters. The van der Waals surface area contributed by atoms with Crippen LogP contribution in [-0.4, -0.2) is 20.5 Å². The lowest BCUT2D eigenvalue weighted by molar-refractivity contribution is -0.116. The summed E-state index contributed by atoms with van der Waals surface area (Å²) in [6, 6.07) is 21.1. The lowest BCUT2D eigenvalue weighted by atomic mass is 9.80. The number of anilines is 2. The van der Waals surface area contributed by atoms with Crippen molar-refractivity contribution in [1.82, 2.24) is 14.8 Å². The van der Waals surface area contributed by atoms with Gasteiger partial charge in [0.15, 0.2) is 5.78 Å². The van der Waals surface area contributed by atoms with Crippen molar-refractivity contribution in [1.29, 1.82) is 0 Å². The summed E-state index contributed by atoms with van der Waals surface area (Å²) in [7, 11) is 0. The number of nitrogens with zero attached hydrogens (tertiary/aromatic N) is 3. The zero-order valence-electron chi connectivity index (χ0n) is 17.6. The topological polar surface area (TPSA) is 95.1 Å². The number of para-hydroxylation sites is 1. The van der Waals surface area contributed by atoms with E-state index in [0.717, 1.165) is 29.0 Å². The van der Waals surface area contributed by atoms with E-state index in [9.17, 15) is 4.79 Å². The second-order valence-electron chi connectivity index (χ2n) is 8.19. The van der Waals surface area contributed by atoms with Crippen molar-refractivity contribution >= 4 is 29.0 Å². The summed E-state index contributed by atoms with van der Waals surface area (Å²) in [6.45, 7) is 0. The number of allylic oxidation sites excluding steroid dienone is 2. The molecule has 0 saturated carbocycles. The minimum Gasteiger partial charge on any atom is -0.457 e. The molecule has 3 N–H and O–H groups in total. The molecule has 0 amide bonds. The molecule has 1 aliphatic carbocycles. The van der Waals surface area contributed by atoms with Gasteiger partial charge < -0.3 is 15.8 Å². The van der Waals surface area contributed by atoms with Gasteiger partial charge in [-0.2, -0.15) is 4.98 Å². The number of carbonyl (C=O) groups is 1. The molecule has 33 heavy (non-hydrogen) atoms. The molecular weight excluding hydrogens is 434 g/mol. The Labute approximate surface area is 194 Å². The first-order valence-corrected chi connectivity index (χ1v) is 11.7. The fraction of sp³-hybridized carbons (Fsp3) is 0.160. The molecule has 2 aromatic carbocycles. The number of fused-ring (bicyclic) bond motifs is 1. The van der Waals surface area contributed by atoms with Crippen molar-refractivity contribution in [2.45, 2.75) is 24.8 Å². The van der Waals surface area contributed by atoms with Crippen molar-refractivity contribution in [3.8, 4) is 11.5 Å². The van der Waals surface area contributed by atoms with E-state index in [1.807, 2.05) is 60.7 Å². The summed E-state index contributed by atoms with van der Waals surface area (Å²) in [4.78, 5) is 19.1. The monoisotopic (exact) mass is 455 g/mol. The Bertz CT molecular complexity index is 1360. The van der Waals surface area contributed by atoms with E-state index >= 15 is 0 Å². The van der Waals surface area contributed by atoms with Crippen LogP contribution in [0.3, 0.4) is 0 Å². The third kappa shape index (κ3) is 3.58. The largest absolute Gasteiger partial charge is 0.457 e. The molecule has 2 aromatic heterocycles. The number of carbonyl (C=O) groups excluding carboxylic acids is 1. The summed E-state index contributed by atoms with van der Waals surface area (Å²) < 4.78 is 7.75. The average molecular weight is 456 g/mol. The first kappa shape index (κ1) is 19.8. The minimum atomic E-state index is -0.419. The van der Waals surface area contributed by atoms with Gasteiger partial charge in [-0.15, -0.1) is 16.4 Å². The van der Waals surface area contributed by atoms with Gasteiger partial charge in [0.05, 0.1) is 0 Å². The van der Waals surface area contributed by atoms with E-state index < -0.39 is 6.04 Å². The number of nitrogens with one attached hydrogen (secondary N) is 1. The lowest BCUT2D eigenvalue weighted by Gasteiger charge is -2.34. The van der Waals surface area contributed by atoms with Gasteiger partial charge in [0.1, 0.15) is 17.5 Å². The van der Waals surface area contributed by atoms with Crippen LogP contribution in [0.2, 0.25) is 0 Å². The number of Topliss-reactive ketones (excluding diaryl/α,β-unsaturated/α-hetero) is 1. The predicted octanol–water partition coefficient (Wildman–Crippen LogP) is 5.13. The molecule has 2 aliphatic rings. The Morgan fingerprint density at radius 3 is 2.70 bits per heavy atom. The summed E-state index contributed by atoms with van der Waals surface area (Å²) in [5, 5.41) is 9.80. The number of hydrogen-bond donors (Lipinski definition) is 2. The fourth-order valence-electron chi connectivity index (χ4n) is 4.63. The molecule has 164 valence electrons. The number of rotatable bonds is 4. The fourth-order valence-corrected chi connectivity index (χ4v) is 5.46. The number of hydrogen-bond acceptors (Lipinski definition) is 7. The second-order valence-corrected chi connectivity index (χ2v) is 9.17. The Balaban J connectivity index is 1.42. The summed E-state index contributed by atoms with van der Waals surface area (Å²) in [5.41, 5.74) is 8.46. The third-order valence-electron chi connectivity index (χ3n) is 6.03. The highest BCUT2D eigenvalue weighted by Crippen LogP contribution is 2.45. The molecule has 7 nitrogen and oxygen atoms in total. The van der Waals surface area contributed by atoms with E-state index in [0.29, 0.717) is 18.1 Å². The average Bonchev–Trinajstić information content (AvgIpc) is 3.47. The number of aromatic nitrogens is 3. The molecule has 0 fully saturated rings. The maximum absolute atomic E-state index is 13.5. The maximum atomic E-state index is 13.5. The zero-order chi connectivity index (χ0) is 22.4. The van der Waals surface area contributed by atoms with Crippen LogP contribution in [-0.2, 0) is 4.79 Å². The maximum Gasteiger partial charge on any atom is 0.241 e. The van der Waals surface area contributed by atoms with Crippen LogP contribution in [0.15, 0.2) is 83.4 Å². The van der Waals surface area contributed by atoms with Crippen molar-refractivity contribution in [3.63, 3.8) is 0 Å². The van der Waals surface area contributed by atoms with Gasteiger partial charge in [0, 0.05) is 28.5 Å². The van der Waals surface area contributed by atoms with Gasteiger partial charge in [-0.25, -0.2) is 4.68 Å². The molecule has 8 heteroatoms. The van der Waals surface area contributed by atoms with Crippen LogP contribution in [0.25, 0.3) is 0 Å². The number of ketones is 1. The summed E-state index contributed by atoms with van der Waals surface area (Å²) in [5.74, 6) is 2.42. The zero-order valence-corrected chi connectivity index (χ0v) is 18.5. The molecule has 6 rings (SSSR count). The van der Waals surface area contributed by atoms with Crippen LogP contribution in [0.5, 0.6) is 11.5 Å². The van der Waals surface area contributed by atoms with Crippen LogP contribution in [0, 0.1) is 0 Å². The lowest BCUT2D eigenvalue weighted by Crippen LogP contribution is -2.33. The Hall–Kier alpha value is -3.91. The van der Waals surface area contributed by atoms with E-state index in [1.54, 1.807) is 16.0 Å². The quantitative estimate of drug-likeness (QED) is 0.443. The van der Waals surface area contributed by atoms with Gasteiger partial charge in [-0.3, -0.25) is 4.79 Å². The van der Waals surface area contributed by atoms with E-state index in [4.69, 9.17) is 10.5 Å². The summed E-state index contributed by atoms with van der Waals surface area (Å²) in [6.07, 6.45) is 1.21. The molecule has 2 atom stereocenters. The number of benzene rings is 2. The van der Waals surface area contributed by atoms with Gasteiger partial charge >= 0.3 is 0 Å². The minimum absolute atomic E-state index is 0.112. The van der Waals surface area contributed by atoms with Crippen LogP contribution in [0.1, 0.15) is 35.2 Å². The SMILES string of the molecule is Nc1nc2n(n1)[C@H](c1cccc(Oc3ccccc3)c1)C1=C(C[C@H](c3cccs3)CC1=O)N2. The number of thiophene rings is 1. The normalized spacial score (nSPS) is 19.6. The molecule has 4 aromatic rings. The number of ether oxygens (including phenoxy) is 1. The van der Waals surface area contributed by atoms with Crippen molar-refractivity contribution in [2.24, 2.45) is 0 Å². The molecule has 1 aliphatic heterocycles. The molecule has 0 saturated heterocycles. The van der Waals surface area contributed by atoms with E-state index in [1.165, 1.54) is 4.88 Å². The van der Waals surface area contributed by atoms with Crippen molar-refractivity contribution in [2.75, 3.05) is 11.1 Å². The van der Waals surface area contributed by atoms with Gasteiger partial charge in [-0.1, -0.05) is 36.4 Å². The number of nitrogens with two attached hydrogens (primary N) is 1. The van der Waals surface area contributed by atoms with E-state index in [-0.39, 0.29) is 17.6 Å². The first-order chi connectivity index (χ1) is 16.2. The van der Waals surface area contributed by atoms with Gasteiger partial charge in [-0.05, 0) is 47.7 Å². The second kappa shape index (κ2) is 7.90. The van der Waals surface area contributed by atoms with Gasteiger partial charge in [0.2, 0.25) is 11.9 Å². The van der Waals surface area contributed by atoms with Crippen LogP contribution < -0.4 is 15.8 Å². The molecule has 0 spiro atoms. The standard InChI is InChI=1S/C25H21N5O2S/c26-24-28-25-27-19-13-16(21-10-5-11-33-21)14-20(31)22(19)23(30(25)29-24)15-6-4-9-18(12-15)32-17-7-2-1-3-8-17/h1-12,16,23H,13-14H2,(H3,26,27,28,29)/t16-,23+/m0/s1. The third-order valence-corrected chi connectivity index (χ3v) is 7.07. The van der Waals surface area contributed by atoms with Gasteiger partial charge in [0.25, 0.3) is 0 Å². The Morgan fingerprint density at radius 2 is 1.88 bits per heavy atom. The summed E-state index contributed by atoms with van der Waals surface area (Å²) >= 11 is 1.69. The molecule has 0 bridgehead atoms. The highest BCUT2D eigenvalue weighted by Gasteiger charge is 2.40. The molecule has 0 radical (unpaired) electrons. The Kier molecular flexibility index (Phi) is 4.73.